The molecule has 130 valence electrons. The maximum atomic E-state index is 12.8. The van der Waals surface area contributed by atoms with Gasteiger partial charge in [-0.15, -0.1) is 0 Å². The predicted octanol–water partition coefficient (Wildman–Crippen LogP) is 2.82. The number of hydrogen-bond acceptors (Lipinski definition) is 3. The highest BCUT2D eigenvalue weighted by molar-refractivity contribution is 6.30. The summed E-state index contributed by atoms with van der Waals surface area (Å²) in [5.74, 6) is 0.00339. The van der Waals surface area contributed by atoms with Crippen molar-refractivity contribution in [2.45, 2.75) is 6.04 Å². The number of hydrazone groups is 1. The Morgan fingerprint density at radius 1 is 1.15 bits per heavy atom. The molecule has 2 amide bonds. The van der Waals surface area contributed by atoms with Crippen molar-refractivity contribution in [3.63, 3.8) is 0 Å². The second-order valence-corrected chi connectivity index (χ2v) is 6.48. The van der Waals surface area contributed by atoms with Gasteiger partial charge in [0.2, 0.25) is 6.41 Å². The number of nitrogens with zero attached hydrogens (tertiary/aromatic N) is 3. The van der Waals surface area contributed by atoms with E-state index in [1.807, 2.05) is 42.1 Å². The van der Waals surface area contributed by atoms with E-state index in [4.69, 9.17) is 11.6 Å². The molecular weight excluding hydrogens is 352 g/mol. The highest BCUT2D eigenvalue weighted by Crippen LogP contribution is 2.31. The molecule has 0 bridgehead atoms. The molecule has 1 aromatic heterocycles. The van der Waals surface area contributed by atoms with E-state index in [9.17, 15) is 9.59 Å². The number of fused-ring (bicyclic) bond motifs is 1. The molecule has 0 saturated heterocycles. The monoisotopic (exact) mass is 366 g/mol. The summed E-state index contributed by atoms with van der Waals surface area (Å²) in [4.78, 5) is 24.5. The van der Waals surface area contributed by atoms with Crippen molar-refractivity contribution in [3.8, 4) is 0 Å². The lowest BCUT2D eigenvalue weighted by Crippen LogP contribution is -2.46. The molecule has 2 heterocycles. The van der Waals surface area contributed by atoms with Crippen molar-refractivity contribution in [1.29, 1.82) is 0 Å². The molecule has 0 unspecified atom stereocenters. The van der Waals surface area contributed by atoms with Gasteiger partial charge in [-0.05, 0) is 30.3 Å². The summed E-state index contributed by atoms with van der Waals surface area (Å²) >= 11 is 5.90. The smallest absolute Gasteiger partial charge is 0.255 e. The van der Waals surface area contributed by atoms with Gasteiger partial charge >= 0.3 is 0 Å². The normalized spacial score (nSPS) is 17.2. The topological polar surface area (TPSA) is 66.7 Å². The number of hydrogen-bond donors (Lipinski definition) is 1. The number of carbonyl (C=O) groups excluding carboxylic acids is 2. The minimum Gasteiger partial charge on any atom is -0.350 e. The first kappa shape index (κ1) is 16.4. The first-order valence-corrected chi connectivity index (χ1v) is 8.39. The van der Waals surface area contributed by atoms with Crippen LogP contribution in [-0.4, -0.2) is 27.7 Å². The Hall–Kier alpha value is -3.12. The summed E-state index contributed by atoms with van der Waals surface area (Å²) in [5, 5.41) is 9.77. The van der Waals surface area contributed by atoms with Gasteiger partial charge < -0.3 is 9.88 Å². The van der Waals surface area contributed by atoms with Gasteiger partial charge in [0.25, 0.3) is 5.91 Å². The number of halogens is 1. The summed E-state index contributed by atoms with van der Waals surface area (Å²) in [5.41, 5.74) is 2.38. The molecular formula is C19H15ClN4O2. The van der Waals surface area contributed by atoms with Gasteiger partial charge in [0, 0.05) is 40.3 Å². The molecule has 1 aliphatic heterocycles. The van der Waals surface area contributed by atoms with Gasteiger partial charge in [0.15, 0.2) is 11.9 Å². The third kappa shape index (κ3) is 2.64. The largest absolute Gasteiger partial charge is 0.350 e. The van der Waals surface area contributed by atoms with Gasteiger partial charge in [0.1, 0.15) is 0 Å². The second-order valence-electron chi connectivity index (χ2n) is 6.05. The standard InChI is InChI=1S/C19H15ClN4O2/c1-23-10-15(14-4-2-3-5-16(14)23)17-19(26)21-18(22-24(17)11-25)12-6-8-13(20)9-7-12/h2-11,17H,1H3,(H,21,22,26)/t17-/m0/s1. The summed E-state index contributed by atoms with van der Waals surface area (Å²) in [6, 6.07) is 13.8. The SMILES string of the molecule is Cn1cc([C@H]2C(=O)NC(c3ccc(Cl)cc3)=NN2C=O)c2ccccc21. The van der Waals surface area contributed by atoms with E-state index in [1.165, 1.54) is 0 Å². The number of carbonyl (C=O) groups is 2. The zero-order valence-electron chi connectivity index (χ0n) is 13.9. The Balaban J connectivity index is 1.79. The van der Waals surface area contributed by atoms with Crippen molar-refractivity contribution in [1.82, 2.24) is 14.9 Å². The predicted molar refractivity (Wildman–Crippen MR) is 99.7 cm³/mol. The van der Waals surface area contributed by atoms with Gasteiger partial charge in [-0.1, -0.05) is 29.8 Å². The van der Waals surface area contributed by atoms with Crippen LogP contribution in [0.4, 0.5) is 0 Å². The van der Waals surface area contributed by atoms with Crippen LogP contribution in [0.1, 0.15) is 17.2 Å². The summed E-state index contributed by atoms with van der Waals surface area (Å²) in [6.45, 7) is 0. The Kier molecular flexibility index (Phi) is 3.97. The van der Waals surface area contributed by atoms with Crippen LogP contribution in [0.2, 0.25) is 5.02 Å². The zero-order valence-corrected chi connectivity index (χ0v) is 14.6. The fourth-order valence-corrected chi connectivity index (χ4v) is 3.33. The highest BCUT2D eigenvalue weighted by Gasteiger charge is 2.34. The average Bonchev–Trinajstić information content (AvgIpc) is 2.98. The Morgan fingerprint density at radius 2 is 1.88 bits per heavy atom. The lowest BCUT2D eigenvalue weighted by molar-refractivity contribution is -0.133. The minimum atomic E-state index is -0.824. The third-order valence-electron chi connectivity index (χ3n) is 4.42. The molecule has 4 rings (SSSR count). The van der Waals surface area contributed by atoms with Crippen LogP contribution in [0.5, 0.6) is 0 Å². The van der Waals surface area contributed by atoms with E-state index in [0.29, 0.717) is 22.8 Å². The molecule has 0 fully saturated rings. The summed E-state index contributed by atoms with van der Waals surface area (Å²) < 4.78 is 1.93. The van der Waals surface area contributed by atoms with Crippen molar-refractivity contribution in [2.24, 2.45) is 12.1 Å². The number of amidine groups is 1. The van der Waals surface area contributed by atoms with Crippen LogP contribution in [-0.2, 0) is 16.6 Å². The van der Waals surface area contributed by atoms with Gasteiger partial charge in [-0.2, -0.15) is 5.10 Å². The van der Waals surface area contributed by atoms with Crippen LogP contribution >= 0.6 is 11.6 Å². The number of rotatable bonds is 3. The third-order valence-corrected chi connectivity index (χ3v) is 4.67. The van der Waals surface area contributed by atoms with E-state index < -0.39 is 6.04 Å². The van der Waals surface area contributed by atoms with E-state index in [2.05, 4.69) is 10.4 Å². The minimum absolute atomic E-state index is 0.312. The van der Waals surface area contributed by atoms with Crippen molar-refractivity contribution >= 4 is 40.7 Å². The van der Waals surface area contributed by atoms with Crippen LogP contribution in [0.15, 0.2) is 59.8 Å². The summed E-state index contributed by atoms with van der Waals surface area (Å²) in [6.07, 6.45) is 2.43. The first-order valence-electron chi connectivity index (χ1n) is 8.01. The number of benzene rings is 2. The van der Waals surface area contributed by atoms with E-state index in [-0.39, 0.29) is 5.91 Å². The number of para-hydroxylation sites is 1. The molecule has 0 saturated carbocycles. The molecule has 0 spiro atoms. The molecule has 2 aromatic carbocycles. The molecule has 7 heteroatoms. The molecule has 6 nitrogen and oxygen atoms in total. The highest BCUT2D eigenvalue weighted by atomic mass is 35.5. The van der Waals surface area contributed by atoms with Crippen LogP contribution < -0.4 is 5.32 Å². The van der Waals surface area contributed by atoms with E-state index >= 15 is 0 Å². The van der Waals surface area contributed by atoms with Crippen molar-refractivity contribution in [2.75, 3.05) is 0 Å². The number of amides is 2. The van der Waals surface area contributed by atoms with Crippen molar-refractivity contribution in [3.05, 3.63) is 70.9 Å². The number of aryl methyl sites for hydroxylation is 1. The Labute approximate surface area is 154 Å². The van der Waals surface area contributed by atoms with Crippen LogP contribution in [0.25, 0.3) is 10.9 Å². The van der Waals surface area contributed by atoms with E-state index in [1.54, 1.807) is 24.3 Å². The van der Waals surface area contributed by atoms with Crippen molar-refractivity contribution < 1.29 is 9.59 Å². The maximum absolute atomic E-state index is 12.8. The Morgan fingerprint density at radius 3 is 2.62 bits per heavy atom. The molecule has 1 N–H and O–H groups in total. The fraction of sp³-hybridized carbons (Fsp3) is 0.105. The molecule has 1 atom stereocenters. The quantitative estimate of drug-likeness (QED) is 0.724. The number of nitrogens with one attached hydrogen (secondary N) is 1. The lowest BCUT2D eigenvalue weighted by atomic mass is 10.0. The van der Waals surface area contributed by atoms with Crippen LogP contribution in [0.3, 0.4) is 0 Å². The number of aromatic nitrogens is 1. The Bertz CT molecular complexity index is 1040. The van der Waals surface area contributed by atoms with Gasteiger partial charge in [0.05, 0.1) is 0 Å². The van der Waals surface area contributed by atoms with Gasteiger partial charge in [-0.25, -0.2) is 5.01 Å². The van der Waals surface area contributed by atoms with Crippen LogP contribution in [0, 0.1) is 0 Å². The molecule has 1 aliphatic rings. The molecule has 3 aromatic rings. The lowest BCUT2D eigenvalue weighted by Gasteiger charge is -2.28. The fourth-order valence-electron chi connectivity index (χ4n) is 3.20. The molecule has 26 heavy (non-hydrogen) atoms. The summed E-state index contributed by atoms with van der Waals surface area (Å²) in [7, 11) is 1.90. The first-order chi connectivity index (χ1) is 12.6. The molecule has 0 aliphatic carbocycles. The molecule has 0 radical (unpaired) electrons. The zero-order chi connectivity index (χ0) is 18.3. The van der Waals surface area contributed by atoms with E-state index in [0.717, 1.165) is 21.5 Å². The average molecular weight is 367 g/mol. The second kappa shape index (κ2) is 6.31. The van der Waals surface area contributed by atoms with Gasteiger partial charge in [-0.3, -0.25) is 9.59 Å². The maximum Gasteiger partial charge on any atom is 0.255 e.